The highest BCUT2D eigenvalue weighted by Gasteiger charge is 2.32. The Morgan fingerprint density at radius 2 is 0.963 bits per heavy atom. The van der Waals surface area contributed by atoms with Crippen LogP contribution < -0.4 is 26.6 Å². The van der Waals surface area contributed by atoms with Crippen molar-refractivity contribution in [1.82, 2.24) is 46.2 Å². The number of nitrogens with one attached hydrogen (secondary N) is 5. The lowest BCUT2D eigenvalue weighted by Crippen LogP contribution is -2.57. The van der Waals surface area contributed by atoms with Crippen LogP contribution in [0.15, 0.2) is 48.5 Å². The molecule has 82 heavy (non-hydrogen) atoms. The van der Waals surface area contributed by atoms with Gasteiger partial charge in [-0.25, -0.2) is 4.79 Å². The third kappa shape index (κ3) is 29.0. The van der Waals surface area contributed by atoms with Gasteiger partial charge >= 0.3 is 29.8 Å². The lowest BCUT2D eigenvalue weighted by Gasteiger charge is -2.35. The number of aryl methyl sites for hydroxylation is 1. The number of hydrogen-bond acceptors (Lipinski definition) is 15. The minimum absolute atomic E-state index is 0.00965. The lowest BCUT2D eigenvalue weighted by atomic mass is 10.00. The molecule has 3 rings (SSSR count). The van der Waals surface area contributed by atoms with Gasteiger partial charge in [0, 0.05) is 97.6 Å². The number of amides is 5. The Balaban J connectivity index is 1.71. The molecule has 1 aliphatic heterocycles. The molecule has 3 unspecified atom stereocenters. The number of nitrogens with zero attached hydrogens (tertiary/aromatic N) is 4. The Morgan fingerprint density at radius 1 is 0.488 bits per heavy atom. The Morgan fingerprint density at radius 3 is 1.45 bits per heavy atom. The number of phenols is 1. The van der Waals surface area contributed by atoms with Crippen LogP contribution in [-0.2, 0) is 60.8 Å². The van der Waals surface area contributed by atoms with Gasteiger partial charge in [0.2, 0.25) is 29.5 Å². The van der Waals surface area contributed by atoms with E-state index in [2.05, 4.69) is 33.5 Å². The molecular formula is C57H87N9O16. The van der Waals surface area contributed by atoms with Crippen LogP contribution >= 0.6 is 0 Å². The molecule has 2 aromatic rings. The molecule has 4 atom stereocenters. The van der Waals surface area contributed by atoms with Crippen molar-refractivity contribution < 1.29 is 78.6 Å². The van der Waals surface area contributed by atoms with Crippen molar-refractivity contribution in [3.63, 3.8) is 0 Å². The Labute approximate surface area is 479 Å². The monoisotopic (exact) mass is 1150 g/mol. The summed E-state index contributed by atoms with van der Waals surface area (Å²) in [6.07, 6.45) is 5.95. The number of hydrogen-bond donors (Lipinski definition) is 11. The highest BCUT2D eigenvalue weighted by Crippen LogP contribution is 2.19. The summed E-state index contributed by atoms with van der Waals surface area (Å²) < 4.78 is 0. The summed E-state index contributed by atoms with van der Waals surface area (Å²) in [5.41, 5.74) is 1.64. The maximum absolute atomic E-state index is 14.4. The zero-order valence-electron chi connectivity index (χ0n) is 47.5. The molecule has 0 aromatic heterocycles. The molecule has 0 radical (unpaired) electrons. The smallest absolute Gasteiger partial charge is 0.326 e. The third-order valence-electron chi connectivity index (χ3n) is 14.1. The fraction of sp³-hybridized carbons (Fsp3) is 0.614. The first-order valence-corrected chi connectivity index (χ1v) is 28.4. The zero-order chi connectivity index (χ0) is 60.4. The van der Waals surface area contributed by atoms with Crippen molar-refractivity contribution in [2.75, 3.05) is 85.1 Å². The van der Waals surface area contributed by atoms with E-state index in [9.17, 15) is 78.6 Å². The first-order chi connectivity index (χ1) is 39.1. The van der Waals surface area contributed by atoms with Crippen LogP contribution in [0.25, 0.3) is 0 Å². The van der Waals surface area contributed by atoms with Crippen LogP contribution in [0.3, 0.4) is 0 Å². The second-order valence-electron chi connectivity index (χ2n) is 20.9. The van der Waals surface area contributed by atoms with Gasteiger partial charge in [-0.15, -0.1) is 0 Å². The Bertz CT molecular complexity index is 2350. The van der Waals surface area contributed by atoms with Gasteiger partial charge in [-0.2, -0.15) is 0 Å². The lowest BCUT2D eigenvalue weighted by molar-refractivity contribution is -0.145. The minimum Gasteiger partial charge on any atom is -0.508 e. The first kappa shape index (κ1) is 69.1. The molecule has 0 saturated carbocycles. The van der Waals surface area contributed by atoms with E-state index >= 15 is 0 Å². The molecule has 11 N–H and O–H groups in total. The van der Waals surface area contributed by atoms with E-state index in [0.717, 1.165) is 32.1 Å². The van der Waals surface area contributed by atoms with Gasteiger partial charge in [0.25, 0.3) is 0 Å². The van der Waals surface area contributed by atoms with E-state index in [0.29, 0.717) is 61.9 Å². The van der Waals surface area contributed by atoms with E-state index in [1.54, 1.807) is 69.0 Å². The van der Waals surface area contributed by atoms with E-state index < -0.39 is 84.8 Å². The number of carboxylic acids is 5. The van der Waals surface area contributed by atoms with Crippen molar-refractivity contribution >= 4 is 59.4 Å². The second-order valence-corrected chi connectivity index (χ2v) is 20.9. The summed E-state index contributed by atoms with van der Waals surface area (Å²) in [5.74, 6) is -8.34. The minimum atomic E-state index is -1.36. The molecule has 5 amide bonds. The highest BCUT2D eigenvalue weighted by atomic mass is 16.4. The molecule has 1 aliphatic rings. The van der Waals surface area contributed by atoms with Gasteiger partial charge in [0.1, 0.15) is 29.9 Å². The summed E-state index contributed by atoms with van der Waals surface area (Å²) in [6, 6.07) is 8.03. The number of carbonyl (C=O) groups is 10. The van der Waals surface area contributed by atoms with Crippen molar-refractivity contribution in [1.29, 1.82) is 0 Å². The van der Waals surface area contributed by atoms with Crippen LogP contribution in [0, 0.1) is 6.92 Å². The average Bonchev–Trinajstić information content (AvgIpc) is 3.45. The summed E-state index contributed by atoms with van der Waals surface area (Å²) in [4.78, 5) is 134. The number of phenolic OH excluding ortho intramolecular Hbond substituents is 1. The van der Waals surface area contributed by atoms with Crippen LogP contribution in [-0.4, -0.2) is 219 Å². The van der Waals surface area contributed by atoms with Crippen LogP contribution in [0.4, 0.5) is 0 Å². The molecule has 0 aliphatic carbocycles. The first-order valence-electron chi connectivity index (χ1n) is 28.4. The van der Waals surface area contributed by atoms with Crippen LogP contribution in [0.5, 0.6) is 5.75 Å². The topological polar surface area (TPSA) is 365 Å². The van der Waals surface area contributed by atoms with Gasteiger partial charge in [0.05, 0.1) is 19.6 Å². The third-order valence-corrected chi connectivity index (χ3v) is 14.1. The average molecular weight is 1150 g/mol. The normalized spacial score (nSPS) is 15.5. The van der Waals surface area contributed by atoms with E-state index in [1.807, 2.05) is 0 Å². The molecular weight excluding hydrogens is 1070 g/mol. The molecule has 1 fully saturated rings. The van der Waals surface area contributed by atoms with Gasteiger partial charge in [-0.3, -0.25) is 62.8 Å². The number of aliphatic carboxylic acids is 5. The predicted octanol–water partition coefficient (Wildman–Crippen LogP) is 1.67. The van der Waals surface area contributed by atoms with Crippen LogP contribution in [0.2, 0.25) is 0 Å². The molecule has 25 nitrogen and oxygen atoms in total. The number of carbonyl (C=O) groups excluding carboxylic acids is 5. The molecule has 1 saturated heterocycles. The maximum atomic E-state index is 14.4. The largest absolute Gasteiger partial charge is 0.508 e. The van der Waals surface area contributed by atoms with E-state index in [4.69, 9.17) is 0 Å². The number of carboxylic acid groups (broad SMARTS) is 5. The van der Waals surface area contributed by atoms with Crippen molar-refractivity contribution in [2.24, 2.45) is 0 Å². The Hall–Kier alpha value is -7.22. The van der Waals surface area contributed by atoms with E-state index in [1.165, 1.54) is 6.07 Å². The molecule has 1 heterocycles. The second kappa shape index (κ2) is 38.5. The quantitative estimate of drug-likeness (QED) is 0.0429. The molecule has 0 spiro atoms. The number of aromatic hydroxyl groups is 1. The molecule has 2 aromatic carbocycles. The maximum Gasteiger partial charge on any atom is 0.326 e. The Kier molecular flexibility index (Phi) is 32.4. The standard InChI is InChI=1S/C57H87N9O16/c1-3-4-24-58-48(68)19-10-5-6-11-20-49(69)59-25-13-12-17-43(56(79)80)61-55(78)45(35-41-15-8-7-9-16-41)62-54(77)44(36-42-22-23-47(67)40(2)34-42)60-50(70)21-14-18-46(57(81)82)66-32-30-64(38-52(73)74)28-26-63(37-51(71)72)27-29-65(31-33-66)39-53(75)76/h7-9,15-16,22-23,34,43-46,67H,3-6,10-14,17-21,24-33,35-39H2,1-2H3,(H,58,68)(H,59,69)(H,60,70)(H,61,78)(H,62,77)(H,71,72)(H,73,74)(H,75,76)(H,79,80)(H,81,82)/t43?,44?,45-,46?/m1/s1. The number of benzene rings is 2. The van der Waals surface area contributed by atoms with Crippen LogP contribution in [0.1, 0.15) is 114 Å². The van der Waals surface area contributed by atoms with Gasteiger partial charge in [-0.1, -0.05) is 68.7 Å². The molecule has 25 heteroatoms. The zero-order valence-corrected chi connectivity index (χ0v) is 47.5. The summed E-state index contributed by atoms with van der Waals surface area (Å²) in [6.45, 7) is 4.22. The van der Waals surface area contributed by atoms with E-state index in [-0.39, 0.29) is 115 Å². The molecule has 0 bridgehead atoms. The van der Waals surface area contributed by atoms with Gasteiger partial charge in [0.15, 0.2) is 0 Å². The SMILES string of the molecule is CCCCNC(=O)CCCCCCC(=O)NCCCCC(NC(=O)[C@@H](Cc1ccccc1)NC(=O)C(Cc1ccc(O)c(C)c1)NC(=O)CCCC(C(=O)O)N1CCN(CC(=O)O)CCN(CC(=O)O)CCN(CC(=O)O)CC1)C(=O)O. The van der Waals surface area contributed by atoms with Gasteiger partial charge in [-0.05, 0) is 81.0 Å². The summed E-state index contributed by atoms with van der Waals surface area (Å²) >= 11 is 0. The molecule has 456 valence electrons. The fourth-order valence-electron chi connectivity index (χ4n) is 9.46. The summed E-state index contributed by atoms with van der Waals surface area (Å²) in [5, 5.41) is 73.5. The van der Waals surface area contributed by atoms with Crippen molar-refractivity contribution in [2.45, 2.75) is 141 Å². The van der Waals surface area contributed by atoms with Crippen molar-refractivity contribution in [3.05, 3.63) is 65.2 Å². The fourth-order valence-corrected chi connectivity index (χ4v) is 9.46. The highest BCUT2D eigenvalue weighted by molar-refractivity contribution is 5.94. The number of unbranched alkanes of at least 4 members (excludes halogenated alkanes) is 5. The number of rotatable bonds is 37. The summed E-state index contributed by atoms with van der Waals surface area (Å²) in [7, 11) is 0. The predicted molar refractivity (Wildman–Crippen MR) is 302 cm³/mol. The van der Waals surface area contributed by atoms with Gasteiger partial charge < -0.3 is 57.2 Å². The van der Waals surface area contributed by atoms with Crippen molar-refractivity contribution in [3.8, 4) is 5.75 Å².